The van der Waals surface area contributed by atoms with Crippen molar-refractivity contribution in [3.63, 3.8) is 0 Å². The van der Waals surface area contributed by atoms with Crippen molar-refractivity contribution in [2.45, 2.75) is 28.7 Å². The first-order valence-corrected chi connectivity index (χ1v) is 9.08. The number of sulfonamides is 1. The molecule has 1 heterocycles. The number of nitrogens with two attached hydrogens (primary N) is 1. The van der Waals surface area contributed by atoms with Gasteiger partial charge in [0.25, 0.3) is 0 Å². The highest BCUT2D eigenvalue weighted by atomic mass is 35.5. The average Bonchev–Trinajstić information content (AvgIpc) is 2.38. The second kappa shape index (κ2) is 6.01. The summed E-state index contributed by atoms with van der Waals surface area (Å²) in [6, 6.07) is 4.78. The Morgan fingerprint density at radius 1 is 1.47 bits per heavy atom. The summed E-state index contributed by atoms with van der Waals surface area (Å²) >= 11 is 7.57. The molecule has 0 bridgehead atoms. The van der Waals surface area contributed by atoms with Gasteiger partial charge >= 0.3 is 0 Å². The van der Waals surface area contributed by atoms with Crippen LogP contribution in [0.3, 0.4) is 0 Å². The lowest BCUT2D eigenvalue weighted by Gasteiger charge is -2.29. The number of thioether (sulfide) groups is 1. The van der Waals surface area contributed by atoms with Crippen LogP contribution in [0, 0.1) is 0 Å². The van der Waals surface area contributed by atoms with E-state index in [4.69, 9.17) is 17.3 Å². The summed E-state index contributed by atoms with van der Waals surface area (Å²) in [7, 11) is -3.48. The number of nitrogens with zero attached hydrogens (tertiary/aromatic N) is 1. The molecule has 1 saturated heterocycles. The summed E-state index contributed by atoms with van der Waals surface area (Å²) < 4.78 is 26.4. The highest BCUT2D eigenvalue weighted by Crippen LogP contribution is 2.29. The van der Waals surface area contributed by atoms with Crippen molar-refractivity contribution in [2.75, 3.05) is 19.3 Å². The summed E-state index contributed by atoms with van der Waals surface area (Å²) in [6.07, 6.45) is 3.58. The fourth-order valence-electron chi connectivity index (χ4n) is 2.15. The lowest BCUT2D eigenvalue weighted by Crippen LogP contribution is -2.45. The van der Waals surface area contributed by atoms with Gasteiger partial charge in [0.05, 0.1) is 9.92 Å². The molecule has 0 aromatic heterocycles. The van der Waals surface area contributed by atoms with Crippen LogP contribution in [0.4, 0.5) is 0 Å². The second-order valence-electron chi connectivity index (χ2n) is 4.56. The summed E-state index contributed by atoms with van der Waals surface area (Å²) in [6.45, 7) is 0.905. The van der Waals surface area contributed by atoms with Crippen LogP contribution >= 0.6 is 23.4 Å². The molecule has 4 nitrogen and oxygen atoms in total. The van der Waals surface area contributed by atoms with E-state index in [1.165, 1.54) is 22.1 Å². The van der Waals surface area contributed by atoms with Crippen molar-refractivity contribution < 1.29 is 8.42 Å². The molecule has 0 aliphatic carbocycles. The van der Waals surface area contributed by atoms with Gasteiger partial charge in [0.15, 0.2) is 0 Å². The van der Waals surface area contributed by atoms with Gasteiger partial charge in [-0.3, -0.25) is 0 Å². The quantitative estimate of drug-likeness (QED) is 0.867. The number of rotatable bonds is 3. The summed E-state index contributed by atoms with van der Waals surface area (Å²) in [5.74, 6) is 0. The Bertz CT molecular complexity index is 563. The third-order valence-electron chi connectivity index (χ3n) is 3.18. The number of piperidine rings is 1. The summed E-state index contributed by atoms with van der Waals surface area (Å²) in [5, 5.41) is 0.467. The molecule has 0 radical (unpaired) electrons. The highest BCUT2D eigenvalue weighted by Gasteiger charge is 2.29. The largest absolute Gasteiger partial charge is 0.327 e. The van der Waals surface area contributed by atoms with Crippen LogP contribution in [0.25, 0.3) is 0 Å². The number of hydrogen-bond donors (Lipinski definition) is 1. The van der Waals surface area contributed by atoms with E-state index in [0.717, 1.165) is 17.7 Å². The molecular weight excluding hydrogens is 304 g/mol. The van der Waals surface area contributed by atoms with E-state index in [1.54, 1.807) is 12.1 Å². The van der Waals surface area contributed by atoms with Crippen molar-refractivity contribution in [1.29, 1.82) is 0 Å². The normalized spacial score (nSPS) is 21.5. The van der Waals surface area contributed by atoms with E-state index in [9.17, 15) is 8.42 Å². The monoisotopic (exact) mass is 320 g/mol. The maximum atomic E-state index is 12.5. The van der Waals surface area contributed by atoms with Crippen LogP contribution in [0.5, 0.6) is 0 Å². The van der Waals surface area contributed by atoms with Crippen molar-refractivity contribution in [3.8, 4) is 0 Å². The van der Waals surface area contributed by atoms with Crippen LogP contribution in [0.1, 0.15) is 12.8 Å². The van der Waals surface area contributed by atoms with Gasteiger partial charge in [0.2, 0.25) is 10.0 Å². The fraction of sp³-hybridized carbons (Fsp3) is 0.500. The Balaban J connectivity index is 2.31. The molecule has 0 spiro atoms. The topological polar surface area (TPSA) is 63.4 Å². The van der Waals surface area contributed by atoms with Gasteiger partial charge in [0, 0.05) is 24.0 Å². The third kappa shape index (κ3) is 3.25. The Morgan fingerprint density at radius 3 is 2.79 bits per heavy atom. The molecule has 0 amide bonds. The van der Waals surface area contributed by atoms with Gasteiger partial charge in [-0.15, -0.1) is 11.8 Å². The first-order chi connectivity index (χ1) is 8.95. The molecular formula is C12H17ClN2O2S2. The van der Waals surface area contributed by atoms with Crippen molar-refractivity contribution >= 4 is 33.4 Å². The van der Waals surface area contributed by atoms with E-state index in [-0.39, 0.29) is 10.9 Å². The minimum atomic E-state index is -3.48. The Labute approximate surface area is 123 Å². The molecule has 1 aliphatic rings. The smallest absolute Gasteiger partial charge is 0.243 e. The molecule has 2 rings (SSSR count). The summed E-state index contributed by atoms with van der Waals surface area (Å²) in [4.78, 5) is 1.11. The molecule has 1 aliphatic heterocycles. The van der Waals surface area contributed by atoms with Gasteiger partial charge in [-0.25, -0.2) is 8.42 Å². The molecule has 1 atom stereocenters. The lowest BCUT2D eigenvalue weighted by atomic mass is 10.1. The highest BCUT2D eigenvalue weighted by molar-refractivity contribution is 7.98. The fourth-order valence-corrected chi connectivity index (χ4v) is 4.65. The number of hydrogen-bond acceptors (Lipinski definition) is 4. The average molecular weight is 321 g/mol. The van der Waals surface area contributed by atoms with Crippen LogP contribution in [0.15, 0.2) is 28.0 Å². The molecule has 1 aromatic rings. The van der Waals surface area contributed by atoms with Crippen molar-refractivity contribution in [3.05, 3.63) is 23.2 Å². The molecule has 1 unspecified atom stereocenters. The SMILES string of the molecule is CSc1ccc(S(=O)(=O)N2CCCC(N)C2)cc1Cl. The zero-order chi connectivity index (χ0) is 14.0. The standard InChI is InChI=1S/C12H17ClN2O2S2/c1-18-12-5-4-10(7-11(12)13)19(16,17)15-6-2-3-9(14)8-15/h4-5,7,9H,2-3,6,8,14H2,1H3. The zero-order valence-corrected chi connectivity index (χ0v) is 13.1. The van der Waals surface area contributed by atoms with E-state index >= 15 is 0 Å². The van der Waals surface area contributed by atoms with Gasteiger partial charge in [-0.2, -0.15) is 4.31 Å². The molecule has 106 valence electrons. The van der Waals surface area contributed by atoms with E-state index in [1.807, 2.05) is 6.26 Å². The second-order valence-corrected chi connectivity index (χ2v) is 7.75. The molecule has 19 heavy (non-hydrogen) atoms. The van der Waals surface area contributed by atoms with E-state index in [0.29, 0.717) is 18.1 Å². The number of halogens is 1. The molecule has 1 fully saturated rings. The maximum absolute atomic E-state index is 12.5. The minimum Gasteiger partial charge on any atom is -0.327 e. The third-order valence-corrected chi connectivity index (χ3v) is 6.26. The van der Waals surface area contributed by atoms with Crippen LogP contribution in [-0.4, -0.2) is 38.1 Å². The Hall–Kier alpha value is -0.270. The van der Waals surface area contributed by atoms with Crippen molar-refractivity contribution in [1.82, 2.24) is 4.31 Å². The van der Waals surface area contributed by atoms with Gasteiger partial charge in [-0.1, -0.05) is 11.6 Å². The summed E-state index contributed by atoms with van der Waals surface area (Å²) in [5.41, 5.74) is 5.84. The molecule has 1 aromatic carbocycles. The molecule has 7 heteroatoms. The molecule has 0 saturated carbocycles. The minimum absolute atomic E-state index is 0.0792. The van der Waals surface area contributed by atoms with Crippen molar-refractivity contribution in [2.24, 2.45) is 5.73 Å². The first kappa shape index (κ1) is 15.1. The number of benzene rings is 1. The van der Waals surface area contributed by atoms with Crippen LogP contribution < -0.4 is 5.73 Å². The maximum Gasteiger partial charge on any atom is 0.243 e. The Kier molecular flexibility index (Phi) is 4.79. The van der Waals surface area contributed by atoms with Gasteiger partial charge in [0.1, 0.15) is 0 Å². The zero-order valence-electron chi connectivity index (χ0n) is 10.7. The predicted molar refractivity (Wildman–Crippen MR) is 79.2 cm³/mol. The van der Waals surface area contributed by atoms with Crippen LogP contribution in [-0.2, 0) is 10.0 Å². The van der Waals surface area contributed by atoms with E-state index < -0.39 is 10.0 Å². The van der Waals surface area contributed by atoms with E-state index in [2.05, 4.69) is 0 Å². The van der Waals surface area contributed by atoms with Crippen LogP contribution in [0.2, 0.25) is 5.02 Å². The Morgan fingerprint density at radius 2 is 2.21 bits per heavy atom. The molecule has 2 N–H and O–H groups in total. The predicted octanol–water partition coefficient (Wildman–Crippen LogP) is 2.17. The first-order valence-electron chi connectivity index (χ1n) is 6.04. The van der Waals surface area contributed by atoms with Gasteiger partial charge < -0.3 is 5.73 Å². The van der Waals surface area contributed by atoms with Gasteiger partial charge in [-0.05, 0) is 37.3 Å². The lowest BCUT2D eigenvalue weighted by molar-refractivity contribution is 0.316.